The summed E-state index contributed by atoms with van der Waals surface area (Å²) in [5.74, 6) is 1.53. The standard InChI is InChI=1S/C10H12N4O2/c1-2-7(6-11-4-1)9-12-10(16-14-9)8-3-5-15-13-8/h3,5,7,11H,1-2,4,6H2. The Morgan fingerprint density at radius 3 is 3.12 bits per heavy atom. The van der Waals surface area contributed by atoms with Crippen LogP contribution in [0.5, 0.6) is 0 Å². The second kappa shape index (κ2) is 4.05. The highest BCUT2D eigenvalue weighted by molar-refractivity contribution is 5.44. The summed E-state index contributed by atoms with van der Waals surface area (Å²) in [5.41, 5.74) is 0.586. The third kappa shape index (κ3) is 1.71. The fraction of sp³-hybridized carbons (Fsp3) is 0.500. The highest BCUT2D eigenvalue weighted by Crippen LogP contribution is 2.23. The summed E-state index contributed by atoms with van der Waals surface area (Å²) < 4.78 is 9.88. The molecule has 84 valence electrons. The molecule has 2 aromatic heterocycles. The third-order valence-corrected chi connectivity index (χ3v) is 2.76. The van der Waals surface area contributed by atoms with Crippen molar-refractivity contribution >= 4 is 0 Å². The maximum atomic E-state index is 5.15. The zero-order valence-corrected chi connectivity index (χ0v) is 8.72. The first kappa shape index (κ1) is 9.53. The molecule has 6 nitrogen and oxygen atoms in total. The van der Waals surface area contributed by atoms with E-state index in [-0.39, 0.29) is 0 Å². The highest BCUT2D eigenvalue weighted by Gasteiger charge is 2.21. The van der Waals surface area contributed by atoms with Crippen LogP contribution in [0.15, 0.2) is 21.4 Å². The smallest absolute Gasteiger partial charge is 0.280 e. The number of hydrogen-bond acceptors (Lipinski definition) is 6. The molecular weight excluding hydrogens is 208 g/mol. The van der Waals surface area contributed by atoms with E-state index in [1.54, 1.807) is 6.07 Å². The fourth-order valence-electron chi connectivity index (χ4n) is 1.90. The lowest BCUT2D eigenvalue weighted by atomic mass is 9.99. The summed E-state index contributed by atoms with van der Waals surface area (Å²) in [4.78, 5) is 4.34. The molecule has 0 amide bonds. The summed E-state index contributed by atoms with van der Waals surface area (Å²) >= 11 is 0. The molecule has 1 aliphatic rings. The van der Waals surface area contributed by atoms with Gasteiger partial charge in [-0.25, -0.2) is 0 Å². The van der Waals surface area contributed by atoms with Crippen LogP contribution in [0.1, 0.15) is 24.6 Å². The van der Waals surface area contributed by atoms with Crippen molar-refractivity contribution in [2.24, 2.45) is 0 Å². The molecule has 0 aliphatic carbocycles. The Kier molecular flexibility index (Phi) is 2.41. The van der Waals surface area contributed by atoms with Gasteiger partial charge in [-0.15, -0.1) is 0 Å². The average molecular weight is 220 g/mol. The minimum Gasteiger partial charge on any atom is -0.364 e. The molecule has 0 saturated carbocycles. The number of rotatable bonds is 2. The summed E-state index contributed by atoms with van der Waals surface area (Å²) in [6.45, 7) is 1.99. The van der Waals surface area contributed by atoms with Crippen molar-refractivity contribution in [3.05, 3.63) is 18.2 Å². The molecule has 1 atom stereocenters. The van der Waals surface area contributed by atoms with Gasteiger partial charge in [0.15, 0.2) is 11.5 Å². The predicted molar refractivity (Wildman–Crippen MR) is 54.6 cm³/mol. The topological polar surface area (TPSA) is 77.0 Å². The Morgan fingerprint density at radius 2 is 2.38 bits per heavy atom. The first-order valence-electron chi connectivity index (χ1n) is 5.38. The lowest BCUT2D eigenvalue weighted by Crippen LogP contribution is -2.28. The van der Waals surface area contributed by atoms with Gasteiger partial charge in [0.2, 0.25) is 0 Å². The Balaban J connectivity index is 1.82. The quantitative estimate of drug-likeness (QED) is 0.819. The maximum absolute atomic E-state index is 5.15. The Labute approximate surface area is 92.0 Å². The lowest BCUT2D eigenvalue weighted by Gasteiger charge is -2.19. The summed E-state index contributed by atoms with van der Waals surface area (Å²) in [6, 6.07) is 1.70. The van der Waals surface area contributed by atoms with Gasteiger partial charge < -0.3 is 14.4 Å². The van der Waals surface area contributed by atoms with Gasteiger partial charge in [0.1, 0.15) is 6.26 Å². The molecule has 1 N–H and O–H groups in total. The van der Waals surface area contributed by atoms with Crippen LogP contribution in [-0.2, 0) is 0 Å². The molecule has 0 spiro atoms. The minimum atomic E-state index is 0.346. The van der Waals surface area contributed by atoms with Gasteiger partial charge in [-0.3, -0.25) is 0 Å². The van der Waals surface area contributed by atoms with Gasteiger partial charge in [-0.2, -0.15) is 4.98 Å². The van der Waals surface area contributed by atoms with Crippen molar-refractivity contribution in [3.63, 3.8) is 0 Å². The molecule has 1 aliphatic heterocycles. The Bertz CT molecular complexity index is 445. The van der Waals surface area contributed by atoms with Crippen LogP contribution in [0.25, 0.3) is 11.6 Å². The predicted octanol–water partition coefficient (Wildman–Crippen LogP) is 1.19. The van der Waals surface area contributed by atoms with Crippen LogP contribution in [0.3, 0.4) is 0 Å². The van der Waals surface area contributed by atoms with Crippen LogP contribution in [0, 0.1) is 0 Å². The zero-order valence-electron chi connectivity index (χ0n) is 8.72. The normalized spacial score (nSPS) is 21.1. The van der Waals surface area contributed by atoms with Crippen molar-refractivity contribution in [2.45, 2.75) is 18.8 Å². The molecule has 0 radical (unpaired) electrons. The summed E-state index contributed by atoms with van der Waals surface area (Å²) in [7, 11) is 0. The number of aromatic nitrogens is 3. The Hall–Kier alpha value is -1.69. The van der Waals surface area contributed by atoms with Crippen LogP contribution >= 0.6 is 0 Å². The third-order valence-electron chi connectivity index (χ3n) is 2.76. The average Bonchev–Trinajstić information content (AvgIpc) is 3.01. The van der Waals surface area contributed by atoms with Crippen LogP contribution in [0.4, 0.5) is 0 Å². The van der Waals surface area contributed by atoms with E-state index in [1.165, 1.54) is 6.26 Å². The largest absolute Gasteiger partial charge is 0.364 e. The van der Waals surface area contributed by atoms with E-state index in [4.69, 9.17) is 9.05 Å². The molecule has 6 heteroatoms. The van der Waals surface area contributed by atoms with Crippen molar-refractivity contribution in [3.8, 4) is 11.6 Å². The van der Waals surface area contributed by atoms with Crippen LogP contribution in [-0.4, -0.2) is 28.4 Å². The molecule has 0 aromatic carbocycles. The monoisotopic (exact) mass is 220 g/mol. The molecule has 16 heavy (non-hydrogen) atoms. The molecule has 2 aromatic rings. The molecule has 3 heterocycles. The molecule has 3 rings (SSSR count). The Morgan fingerprint density at radius 1 is 1.38 bits per heavy atom. The van der Waals surface area contributed by atoms with Gasteiger partial charge >= 0.3 is 0 Å². The highest BCUT2D eigenvalue weighted by atomic mass is 16.5. The van der Waals surface area contributed by atoms with E-state index in [2.05, 4.69) is 20.6 Å². The maximum Gasteiger partial charge on any atom is 0.280 e. The van der Waals surface area contributed by atoms with E-state index in [0.717, 1.165) is 31.8 Å². The summed E-state index contributed by atoms with van der Waals surface area (Å²) in [6.07, 6.45) is 3.74. The fourth-order valence-corrected chi connectivity index (χ4v) is 1.90. The van der Waals surface area contributed by atoms with E-state index >= 15 is 0 Å². The van der Waals surface area contributed by atoms with Gasteiger partial charge in [0.25, 0.3) is 5.89 Å². The second-order valence-electron chi connectivity index (χ2n) is 3.89. The van der Waals surface area contributed by atoms with Crippen LogP contribution in [0.2, 0.25) is 0 Å². The molecule has 1 fully saturated rings. The van der Waals surface area contributed by atoms with Gasteiger partial charge in [0, 0.05) is 18.5 Å². The molecule has 1 unspecified atom stereocenters. The first-order chi connectivity index (χ1) is 7.93. The lowest BCUT2D eigenvalue weighted by molar-refractivity contribution is 0.386. The number of piperidine rings is 1. The molecular formula is C10H12N4O2. The van der Waals surface area contributed by atoms with Crippen molar-refractivity contribution in [1.29, 1.82) is 0 Å². The van der Waals surface area contributed by atoms with Crippen molar-refractivity contribution in [2.75, 3.05) is 13.1 Å². The van der Waals surface area contributed by atoms with Gasteiger partial charge in [-0.05, 0) is 19.4 Å². The molecule has 0 bridgehead atoms. The number of hydrogen-bond donors (Lipinski definition) is 1. The van der Waals surface area contributed by atoms with Crippen molar-refractivity contribution < 1.29 is 9.05 Å². The van der Waals surface area contributed by atoms with Crippen LogP contribution < -0.4 is 5.32 Å². The summed E-state index contributed by atoms with van der Waals surface area (Å²) in [5, 5.41) is 11.1. The zero-order chi connectivity index (χ0) is 10.8. The van der Waals surface area contributed by atoms with E-state index < -0.39 is 0 Å². The van der Waals surface area contributed by atoms with Gasteiger partial charge in [0.05, 0.1) is 0 Å². The molecule has 1 saturated heterocycles. The van der Waals surface area contributed by atoms with E-state index in [9.17, 15) is 0 Å². The second-order valence-corrected chi connectivity index (χ2v) is 3.89. The van der Waals surface area contributed by atoms with E-state index in [0.29, 0.717) is 17.5 Å². The van der Waals surface area contributed by atoms with E-state index in [1.807, 2.05) is 0 Å². The minimum absolute atomic E-state index is 0.346. The van der Waals surface area contributed by atoms with Gasteiger partial charge in [-0.1, -0.05) is 10.3 Å². The first-order valence-corrected chi connectivity index (χ1v) is 5.38. The number of nitrogens with one attached hydrogen (secondary N) is 1. The SMILES string of the molecule is c1cc(-c2nc(C3CCCNC3)no2)no1. The number of nitrogens with zero attached hydrogens (tertiary/aromatic N) is 3. The van der Waals surface area contributed by atoms with Crippen molar-refractivity contribution in [1.82, 2.24) is 20.6 Å².